The molecule has 0 bridgehead atoms. The van der Waals surface area contributed by atoms with E-state index in [0.29, 0.717) is 18.6 Å². The molecule has 2 aliphatic rings. The molecule has 1 heterocycles. The van der Waals surface area contributed by atoms with Gasteiger partial charge < -0.3 is 10.0 Å². The minimum Gasteiger partial charge on any atom is -0.396 e. The monoisotopic (exact) mass is 155 g/mol. The van der Waals surface area contributed by atoms with E-state index in [2.05, 4.69) is 11.9 Å². The molecule has 2 fully saturated rings. The fourth-order valence-electron chi connectivity index (χ4n) is 2.91. The second-order valence-corrected chi connectivity index (χ2v) is 4.04. The zero-order chi connectivity index (χ0) is 7.84. The lowest BCUT2D eigenvalue weighted by molar-refractivity contribution is 0.154. The molecule has 1 N–H and O–H groups in total. The zero-order valence-corrected chi connectivity index (χ0v) is 7.16. The molecule has 0 spiro atoms. The molecule has 3 atom stereocenters. The van der Waals surface area contributed by atoms with Gasteiger partial charge in [0.2, 0.25) is 0 Å². The average Bonchev–Trinajstić information content (AvgIpc) is 2.54. The predicted octanol–water partition coefficient (Wildman–Crippen LogP) is 0.709. The Morgan fingerprint density at radius 2 is 2.18 bits per heavy atom. The molecule has 0 aromatic carbocycles. The van der Waals surface area contributed by atoms with Crippen molar-refractivity contribution in [3.05, 3.63) is 0 Å². The summed E-state index contributed by atoms with van der Waals surface area (Å²) in [4.78, 5) is 2.43. The third-order valence-electron chi connectivity index (χ3n) is 3.47. The summed E-state index contributed by atoms with van der Waals surface area (Å²) < 4.78 is 0. The van der Waals surface area contributed by atoms with Crippen LogP contribution in [0.5, 0.6) is 0 Å². The van der Waals surface area contributed by atoms with Crippen LogP contribution in [0.1, 0.15) is 19.3 Å². The van der Waals surface area contributed by atoms with Gasteiger partial charge in [-0.2, -0.15) is 0 Å². The third kappa shape index (κ3) is 1.09. The van der Waals surface area contributed by atoms with Crippen LogP contribution in [0.2, 0.25) is 0 Å². The summed E-state index contributed by atoms with van der Waals surface area (Å²) >= 11 is 0. The van der Waals surface area contributed by atoms with E-state index in [9.17, 15) is 0 Å². The Hall–Kier alpha value is -0.0800. The number of likely N-dealkylation sites (tertiary alicyclic amines) is 1. The topological polar surface area (TPSA) is 23.5 Å². The molecule has 2 heteroatoms. The molecule has 11 heavy (non-hydrogen) atoms. The zero-order valence-electron chi connectivity index (χ0n) is 7.16. The summed E-state index contributed by atoms with van der Waals surface area (Å²) in [6, 6.07) is 0.708. The van der Waals surface area contributed by atoms with Gasteiger partial charge in [-0.05, 0) is 44.7 Å². The molecule has 64 valence electrons. The van der Waals surface area contributed by atoms with Gasteiger partial charge >= 0.3 is 0 Å². The highest BCUT2D eigenvalue weighted by molar-refractivity contribution is 4.95. The minimum atomic E-state index is 0.394. The largest absolute Gasteiger partial charge is 0.396 e. The van der Waals surface area contributed by atoms with E-state index in [1.807, 2.05) is 0 Å². The molecule has 1 aliphatic heterocycles. The summed E-state index contributed by atoms with van der Waals surface area (Å²) in [5.74, 6) is 1.48. The lowest BCUT2D eigenvalue weighted by Crippen LogP contribution is -2.33. The van der Waals surface area contributed by atoms with Crippen LogP contribution in [0.3, 0.4) is 0 Å². The number of nitrogens with zero attached hydrogens (tertiary/aromatic N) is 1. The van der Waals surface area contributed by atoms with Crippen molar-refractivity contribution in [1.82, 2.24) is 4.90 Å². The summed E-state index contributed by atoms with van der Waals surface area (Å²) in [5, 5.41) is 9.10. The second-order valence-electron chi connectivity index (χ2n) is 4.04. The van der Waals surface area contributed by atoms with Crippen molar-refractivity contribution in [2.24, 2.45) is 11.8 Å². The predicted molar refractivity (Wildman–Crippen MR) is 44.3 cm³/mol. The molecule has 0 amide bonds. The number of hydrogen-bond donors (Lipinski definition) is 1. The Morgan fingerprint density at radius 3 is 2.91 bits per heavy atom. The van der Waals surface area contributed by atoms with Crippen molar-refractivity contribution >= 4 is 0 Å². The van der Waals surface area contributed by atoms with Gasteiger partial charge in [-0.15, -0.1) is 0 Å². The highest BCUT2D eigenvalue weighted by atomic mass is 16.3. The second kappa shape index (κ2) is 2.76. The van der Waals surface area contributed by atoms with Gasteiger partial charge in [0.1, 0.15) is 0 Å². The van der Waals surface area contributed by atoms with Crippen LogP contribution in [0, 0.1) is 11.8 Å². The molecule has 1 saturated carbocycles. The van der Waals surface area contributed by atoms with E-state index in [-0.39, 0.29) is 0 Å². The average molecular weight is 155 g/mol. The number of aliphatic hydroxyl groups excluding tert-OH is 1. The first-order valence-corrected chi connectivity index (χ1v) is 4.64. The summed E-state index contributed by atoms with van der Waals surface area (Å²) in [7, 11) is 2.19. The quantitative estimate of drug-likeness (QED) is 0.603. The number of hydrogen-bond acceptors (Lipinski definition) is 2. The molecular formula is C9H17NO. The van der Waals surface area contributed by atoms with Crippen molar-refractivity contribution in [2.45, 2.75) is 25.3 Å². The normalized spacial score (nSPS) is 44.7. The van der Waals surface area contributed by atoms with Crippen molar-refractivity contribution in [2.75, 3.05) is 20.2 Å². The van der Waals surface area contributed by atoms with Crippen LogP contribution in [0.4, 0.5) is 0 Å². The van der Waals surface area contributed by atoms with Gasteiger partial charge in [-0.25, -0.2) is 0 Å². The third-order valence-corrected chi connectivity index (χ3v) is 3.47. The van der Waals surface area contributed by atoms with Crippen LogP contribution in [-0.4, -0.2) is 36.2 Å². The Labute approximate surface area is 68.2 Å². The molecule has 0 aromatic heterocycles. The highest BCUT2D eigenvalue weighted by Gasteiger charge is 2.41. The van der Waals surface area contributed by atoms with Crippen LogP contribution < -0.4 is 0 Å². The summed E-state index contributed by atoms with van der Waals surface area (Å²) in [6.45, 7) is 1.64. The van der Waals surface area contributed by atoms with Gasteiger partial charge in [0, 0.05) is 12.6 Å². The van der Waals surface area contributed by atoms with E-state index >= 15 is 0 Å². The molecule has 0 aromatic rings. The maximum Gasteiger partial charge on any atom is 0.0474 e. The van der Waals surface area contributed by atoms with E-state index in [4.69, 9.17) is 5.11 Å². The lowest BCUT2D eigenvalue weighted by Gasteiger charge is -2.24. The van der Waals surface area contributed by atoms with Crippen molar-refractivity contribution in [3.8, 4) is 0 Å². The van der Waals surface area contributed by atoms with Gasteiger partial charge in [0.25, 0.3) is 0 Å². The van der Waals surface area contributed by atoms with E-state index in [1.54, 1.807) is 0 Å². The molecule has 2 rings (SSSR count). The van der Waals surface area contributed by atoms with Crippen LogP contribution >= 0.6 is 0 Å². The first kappa shape index (κ1) is 7.56. The number of rotatable bonds is 1. The van der Waals surface area contributed by atoms with Crippen LogP contribution in [0.15, 0.2) is 0 Å². The van der Waals surface area contributed by atoms with Gasteiger partial charge in [0.05, 0.1) is 0 Å². The van der Waals surface area contributed by atoms with Crippen LogP contribution in [0.25, 0.3) is 0 Å². The Balaban J connectivity index is 2.07. The highest BCUT2D eigenvalue weighted by Crippen LogP contribution is 2.40. The standard InChI is InChI=1S/C9H17NO/c1-10-5-4-7-2-3-8(6-11)9(7)10/h7-9,11H,2-6H2,1H3/t7-,8-,9+/m1/s1. The maximum absolute atomic E-state index is 9.10. The SMILES string of the molecule is CN1CC[C@H]2CC[C@H](CO)[C@H]21. The van der Waals surface area contributed by atoms with Gasteiger partial charge in [-0.1, -0.05) is 0 Å². The molecule has 1 aliphatic carbocycles. The van der Waals surface area contributed by atoms with Crippen molar-refractivity contribution in [1.29, 1.82) is 0 Å². The molecular weight excluding hydrogens is 138 g/mol. The van der Waals surface area contributed by atoms with Gasteiger partial charge in [0.15, 0.2) is 0 Å². The summed E-state index contributed by atoms with van der Waals surface area (Å²) in [5.41, 5.74) is 0. The molecule has 0 radical (unpaired) electrons. The minimum absolute atomic E-state index is 0.394. The fourth-order valence-corrected chi connectivity index (χ4v) is 2.91. The van der Waals surface area contributed by atoms with Crippen LogP contribution in [-0.2, 0) is 0 Å². The van der Waals surface area contributed by atoms with Crippen molar-refractivity contribution < 1.29 is 5.11 Å². The number of aliphatic hydroxyl groups is 1. The number of fused-ring (bicyclic) bond motifs is 1. The van der Waals surface area contributed by atoms with Gasteiger partial charge in [-0.3, -0.25) is 0 Å². The lowest BCUT2D eigenvalue weighted by atomic mass is 10.00. The first-order chi connectivity index (χ1) is 5.33. The Morgan fingerprint density at radius 1 is 1.36 bits per heavy atom. The smallest absolute Gasteiger partial charge is 0.0474 e. The molecule has 2 nitrogen and oxygen atoms in total. The Kier molecular flexibility index (Phi) is 1.90. The molecule has 0 unspecified atom stereocenters. The Bertz CT molecular complexity index is 148. The van der Waals surface area contributed by atoms with E-state index < -0.39 is 0 Å². The van der Waals surface area contributed by atoms with E-state index in [1.165, 1.54) is 25.8 Å². The van der Waals surface area contributed by atoms with E-state index in [0.717, 1.165) is 5.92 Å². The maximum atomic E-state index is 9.10. The summed E-state index contributed by atoms with van der Waals surface area (Å²) in [6.07, 6.45) is 3.95. The van der Waals surface area contributed by atoms with Crippen molar-refractivity contribution in [3.63, 3.8) is 0 Å². The molecule has 1 saturated heterocycles. The fraction of sp³-hybridized carbons (Fsp3) is 1.00. The first-order valence-electron chi connectivity index (χ1n) is 4.64.